The minimum absolute atomic E-state index is 0.0935. The lowest BCUT2D eigenvalue weighted by atomic mass is 10.2. The van der Waals surface area contributed by atoms with E-state index in [0.717, 1.165) is 10.4 Å². The van der Waals surface area contributed by atoms with Crippen molar-refractivity contribution in [2.24, 2.45) is 0 Å². The van der Waals surface area contributed by atoms with Gasteiger partial charge in [0.05, 0.1) is 13.2 Å². The van der Waals surface area contributed by atoms with Crippen LogP contribution in [0.5, 0.6) is 0 Å². The first-order valence-corrected chi connectivity index (χ1v) is 9.82. The zero-order valence-electron chi connectivity index (χ0n) is 14.0. The average molecular weight is 332 g/mol. The largest absolute Gasteiger partial charge is 0.404 e. The van der Waals surface area contributed by atoms with Crippen LogP contribution in [-0.2, 0) is 4.43 Å². The van der Waals surface area contributed by atoms with Gasteiger partial charge in [0.1, 0.15) is 6.17 Å². The van der Waals surface area contributed by atoms with Gasteiger partial charge in [-0.3, -0.25) is 0 Å². The van der Waals surface area contributed by atoms with Crippen LogP contribution >= 0.6 is 0 Å². The molecule has 0 spiro atoms. The van der Waals surface area contributed by atoms with Crippen LogP contribution in [0.15, 0.2) is 60.7 Å². The quantitative estimate of drug-likeness (QED) is 0.824. The van der Waals surface area contributed by atoms with Gasteiger partial charge < -0.3 is 9.53 Å². The Morgan fingerprint density at radius 1 is 0.957 bits per heavy atom. The molecule has 2 rings (SSSR count). The normalized spacial score (nSPS) is 13.8. The summed E-state index contributed by atoms with van der Waals surface area (Å²) < 4.78 is 20.1. The summed E-state index contributed by atoms with van der Waals surface area (Å²) in [5.74, 6) is 0. The maximum atomic E-state index is 13.7. The van der Waals surface area contributed by atoms with Crippen molar-refractivity contribution in [1.82, 2.24) is 0 Å². The van der Waals surface area contributed by atoms with Crippen LogP contribution in [0.3, 0.4) is 0 Å². The highest BCUT2D eigenvalue weighted by Gasteiger charge is 2.50. The Kier molecular flexibility index (Phi) is 5.73. The molecule has 2 aromatic rings. The molecule has 4 heteroatoms. The molecular formula is C19H25FO2Si. The maximum absolute atomic E-state index is 13.7. The molecule has 23 heavy (non-hydrogen) atoms. The standard InChI is InChI=1S/C19H25FO2Si/c1-19(2,3)23(22-15-16(20)14-21,17-10-6-4-7-11-17)18-12-8-5-9-13-18/h4-13,16,21H,14-15H2,1-3H3. The third-order valence-electron chi connectivity index (χ3n) is 4.10. The van der Waals surface area contributed by atoms with Gasteiger partial charge in [-0.25, -0.2) is 4.39 Å². The number of benzene rings is 2. The first-order chi connectivity index (χ1) is 10.9. The molecule has 0 saturated heterocycles. The zero-order valence-corrected chi connectivity index (χ0v) is 15.0. The molecule has 0 aliphatic rings. The number of hydrogen-bond acceptors (Lipinski definition) is 2. The molecule has 0 heterocycles. The van der Waals surface area contributed by atoms with Gasteiger partial charge in [0.25, 0.3) is 8.32 Å². The van der Waals surface area contributed by atoms with Crippen molar-refractivity contribution in [1.29, 1.82) is 0 Å². The molecule has 0 fully saturated rings. The second-order valence-corrected chi connectivity index (χ2v) is 11.1. The fraction of sp³-hybridized carbons (Fsp3) is 0.368. The fourth-order valence-electron chi connectivity index (χ4n) is 3.03. The van der Waals surface area contributed by atoms with E-state index in [1.807, 2.05) is 36.4 Å². The van der Waals surface area contributed by atoms with E-state index in [0.29, 0.717) is 0 Å². The van der Waals surface area contributed by atoms with Gasteiger partial charge in [-0.1, -0.05) is 81.4 Å². The Labute approximate surface area is 139 Å². The topological polar surface area (TPSA) is 29.5 Å². The molecule has 2 aromatic carbocycles. The van der Waals surface area contributed by atoms with Crippen molar-refractivity contribution in [3.63, 3.8) is 0 Å². The summed E-state index contributed by atoms with van der Waals surface area (Å²) >= 11 is 0. The lowest BCUT2D eigenvalue weighted by Gasteiger charge is -2.43. The van der Waals surface area contributed by atoms with Gasteiger partial charge in [0.2, 0.25) is 0 Å². The monoisotopic (exact) mass is 332 g/mol. The molecule has 1 atom stereocenters. The highest BCUT2D eigenvalue weighted by molar-refractivity contribution is 6.99. The number of aliphatic hydroxyl groups is 1. The van der Waals surface area contributed by atoms with Crippen LogP contribution in [0.25, 0.3) is 0 Å². The molecule has 0 aromatic heterocycles. The highest BCUT2D eigenvalue weighted by atomic mass is 28.4. The van der Waals surface area contributed by atoms with Crippen LogP contribution in [0, 0.1) is 0 Å². The molecule has 0 radical (unpaired) electrons. The number of aliphatic hydroxyl groups excluding tert-OH is 1. The van der Waals surface area contributed by atoms with Crippen molar-refractivity contribution in [2.75, 3.05) is 13.2 Å². The van der Waals surface area contributed by atoms with E-state index in [2.05, 4.69) is 45.0 Å². The maximum Gasteiger partial charge on any atom is 0.261 e. The van der Waals surface area contributed by atoms with Crippen LogP contribution in [0.1, 0.15) is 20.8 Å². The summed E-state index contributed by atoms with van der Waals surface area (Å²) in [7, 11) is -2.68. The predicted octanol–water partition coefficient (Wildman–Crippen LogP) is 2.89. The Hall–Kier alpha value is -1.49. The van der Waals surface area contributed by atoms with Gasteiger partial charge in [0.15, 0.2) is 0 Å². The van der Waals surface area contributed by atoms with Crippen molar-refractivity contribution in [2.45, 2.75) is 32.0 Å². The predicted molar refractivity (Wildman–Crippen MR) is 95.6 cm³/mol. The minimum atomic E-state index is -2.68. The molecule has 0 bridgehead atoms. The summed E-state index contributed by atoms with van der Waals surface area (Å²) in [6.45, 7) is 5.82. The van der Waals surface area contributed by atoms with Crippen molar-refractivity contribution >= 4 is 18.7 Å². The summed E-state index contributed by atoms with van der Waals surface area (Å²) in [6.07, 6.45) is -1.36. The minimum Gasteiger partial charge on any atom is -0.404 e. The average Bonchev–Trinajstić information content (AvgIpc) is 2.56. The lowest BCUT2D eigenvalue weighted by molar-refractivity contribution is 0.118. The molecule has 0 aliphatic carbocycles. The van der Waals surface area contributed by atoms with Gasteiger partial charge in [0, 0.05) is 0 Å². The summed E-state index contributed by atoms with van der Waals surface area (Å²) in [5.41, 5.74) is 0. The van der Waals surface area contributed by atoms with E-state index in [1.165, 1.54) is 0 Å². The molecule has 1 N–H and O–H groups in total. The van der Waals surface area contributed by atoms with Crippen LogP contribution in [0.4, 0.5) is 4.39 Å². The second-order valence-electron chi connectivity index (χ2n) is 6.75. The summed E-state index contributed by atoms with van der Waals surface area (Å²) in [6, 6.07) is 20.2. The summed E-state index contributed by atoms with van der Waals surface area (Å²) in [4.78, 5) is 0. The number of rotatable bonds is 6. The molecule has 0 aliphatic heterocycles. The Morgan fingerprint density at radius 3 is 1.74 bits per heavy atom. The Morgan fingerprint density at radius 2 is 1.39 bits per heavy atom. The zero-order chi connectivity index (χ0) is 16.9. The number of hydrogen-bond donors (Lipinski definition) is 1. The van der Waals surface area contributed by atoms with E-state index >= 15 is 0 Å². The van der Waals surface area contributed by atoms with Crippen molar-refractivity contribution in [3.05, 3.63) is 60.7 Å². The Balaban J connectivity index is 2.60. The van der Waals surface area contributed by atoms with Gasteiger partial charge in [-0.15, -0.1) is 0 Å². The fourth-order valence-corrected chi connectivity index (χ4v) is 7.62. The van der Waals surface area contributed by atoms with Crippen LogP contribution in [-0.4, -0.2) is 32.8 Å². The molecule has 124 valence electrons. The number of halogens is 1. The van der Waals surface area contributed by atoms with Crippen molar-refractivity contribution < 1.29 is 13.9 Å². The van der Waals surface area contributed by atoms with E-state index in [9.17, 15) is 4.39 Å². The molecule has 2 nitrogen and oxygen atoms in total. The third-order valence-corrected chi connectivity index (χ3v) is 9.10. The van der Waals surface area contributed by atoms with Crippen molar-refractivity contribution in [3.8, 4) is 0 Å². The SMILES string of the molecule is CC(C)(C)[Si](OCC(F)CO)(c1ccccc1)c1ccccc1. The van der Waals surface area contributed by atoms with Crippen LogP contribution in [0.2, 0.25) is 5.04 Å². The van der Waals surface area contributed by atoms with E-state index < -0.39 is 21.1 Å². The third kappa shape index (κ3) is 3.71. The lowest BCUT2D eigenvalue weighted by Crippen LogP contribution is -2.67. The summed E-state index contributed by atoms with van der Waals surface area (Å²) in [5, 5.41) is 11.1. The van der Waals surface area contributed by atoms with Gasteiger partial charge in [-0.05, 0) is 15.4 Å². The Bertz CT molecular complexity index is 556. The first kappa shape index (κ1) is 17.9. The highest BCUT2D eigenvalue weighted by Crippen LogP contribution is 2.36. The molecule has 0 saturated carbocycles. The van der Waals surface area contributed by atoms with Crippen LogP contribution < -0.4 is 10.4 Å². The smallest absolute Gasteiger partial charge is 0.261 e. The molecular weight excluding hydrogens is 307 g/mol. The van der Waals surface area contributed by atoms with Gasteiger partial charge in [-0.2, -0.15) is 0 Å². The second kappa shape index (κ2) is 7.38. The molecule has 1 unspecified atom stereocenters. The molecule has 0 amide bonds. The van der Waals surface area contributed by atoms with E-state index in [-0.39, 0.29) is 11.6 Å². The first-order valence-electron chi connectivity index (χ1n) is 7.92. The van der Waals surface area contributed by atoms with Gasteiger partial charge >= 0.3 is 0 Å². The van der Waals surface area contributed by atoms with E-state index in [4.69, 9.17) is 9.53 Å². The van der Waals surface area contributed by atoms with E-state index in [1.54, 1.807) is 0 Å². The number of alkyl halides is 1.